The quantitative estimate of drug-likeness (QED) is 0.784. The van der Waals surface area contributed by atoms with Gasteiger partial charge in [0.25, 0.3) is 0 Å². The van der Waals surface area contributed by atoms with Crippen molar-refractivity contribution in [3.8, 4) is 0 Å². The third kappa shape index (κ3) is 3.61. The number of nitrogens with one attached hydrogen (secondary N) is 1. The van der Waals surface area contributed by atoms with Crippen LogP contribution in [0.15, 0.2) is 0 Å². The Hall–Kier alpha value is -1.10. The highest BCUT2D eigenvalue weighted by Gasteiger charge is 2.47. The number of hydrogen-bond acceptors (Lipinski definition) is 3. The molecular formula is C19H33N3O2. The number of carbonyl (C=O) groups is 2. The number of rotatable bonds is 2. The molecule has 1 aliphatic carbocycles. The highest BCUT2D eigenvalue weighted by atomic mass is 16.2. The van der Waals surface area contributed by atoms with Gasteiger partial charge in [-0.3, -0.25) is 14.5 Å². The predicted octanol–water partition coefficient (Wildman–Crippen LogP) is 1.87. The summed E-state index contributed by atoms with van der Waals surface area (Å²) in [6, 6.07) is 0.716. The molecule has 0 aromatic heterocycles. The molecular weight excluding hydrogens is 302 g/mol. The van der Waals surface area contributed by atoms with E-state index in [1.165, 1.54) is 32.1 Å². The molecule has 3 rings (SSSR count). The number of piperazine rings is 1. The lowest BCUT2D eigenvalue weighted by Gasteiger charge is -2.42. The third-order valence-corrected chi connectivity index (χ3v) is 6.28. The first-order chi connectivity index (χ1) is 11.4. The molecule has 2 amide bonds. The van der Waals surface area contributed by atoms with Crippen LogP contribution in [0.4, 0.5) is 0 Å². The largest absolute Gasteiger partial charge is 0.355 e. The minimum atomic E-state index is -0.494. The number of amides is 2. The van der Waals surface area contributed by atoms with Gasteiger partial charge in [-0.2, -0.15) is 0 Å². The van der Waals surface area contributed by atoms with E-state index in [9.17, 15) is 9.59 Å². The van der Waals surface area contributed by atoms with Crippen LogP contribution in [0.5, 0.6) is 0 Å². The third-order valence-electron chi connectivity index (χ3n) is 6.28. The first kappa shape index (κ1) is 17.7. The van der Waals surface area contributed by atoms with Gasteiger partial charge in [0, 0.05) is 44.7 Å². The van der Waals surface area contributed by atoms with Gasteiger partial charge < -0.3 is 10.2 Å². The molecule has 0 unspecified atom stereocenters. The van der Waals surface area contributed by atoms with Crippen molar-refractivity contribution in [2.45, 2.75) is 58.9 Å². The van der Waals surface area contributed by atoms with Gasteiger partial charge in [-0.05, 0) is 18.3 Å². The smallest absolute Gasteiger partial charge is 0.235 e. The summed E-state index contributed by atoms with van der Waals surface area (Å²) < 4.78 is 0. The summed E-state index contributed by atoms with van der Waals surface area (Å²) in [6.45, 7) is 10.5. The fourth-order valence-electron chi connectivity index (χ4n) is 4.66. The number of carbonyl (C=O) groups excluding carboxylic acids is 2. The fraction of sp³-hybridized carbons (Fsp3) is 0.895. The number of nitrogens with zero attached hydrogens (tertiary/aromatic N) is 2. The Labute approximate surface area is 146 Å². The molecule has 2 heterocycles. The Balaban J connectivity index is 1.59. The van der Waals surface area contributed by atoms with E-state index in [-0.39, 0.29) is 23.1 Å². The maximum absolute atomic E-state index is 13.0. The zero-order chi connectivity index (χ0) is 17.3. The summed E-state index contributed by atoms with van der Waals surface area (Å²) in [7, 11) is 0. The maximum Gasteiger partial charge on any atom is 0.235 e. The van der Waals surface area contributed by atoms with E-state index in [0.29, 0.717) is 12.6 Å². The van der Waals surface area contributed by atoms with E-state index in [2.05, 4.69) is 31.0 Å². The first-order valence-electron chi connectivity index (χ1n) is 9.68. The second kappa shape index (κ2) is 7.03. The molecule has 5 nitrogen and oxygen atoms in total. The topological polar surface area (TPSA) is 52.7 Å². The Kier molecular flexibility index (Phi) is 5.19. The molecule has 0 aromatic rings. The molecule has 0 bridgehead atoms. The second-order valence-electron chi connectivity index (χ2n) is 8.85. The van der Waals surface area contributed by atoms with Crippen molar-refractivity contribution in [3.63, 3.8) is 0 Å². The SMILES string of the molecule is CC(C)(C)[C@@H]1CNC(=O)[C@H]1C(=O)N1CCN(C2CCCCC2)CC1. The lowest BCUT2D eigenvalue weighted by atomic mass is 9.74. The standard InChI is InChI=1S/C19H33N3O2/c1-19(2,3)15-13-20-17(23)16(15)18(24)22-11-9-21(10-12-22)14-7-5-4-6-8-14/h14-16H,4-13H2,1-3H3,(H,20,23)/t15-,16+/m1/s1. The molecule has 24 heavy (non-hydrogen) atoms. The summed E-state index contributed by atoms with van der Waals surface area (Å²) >= 11 is 0. The van der Waals surface area contributed by atoms with Gasteiger partial charge in [-0.25, -0.2) is 0 Å². The van der Waals surface area contributed by atoms with Crippen LogP contribution in [0.2, 0.25) is 0 Å². The molecule has 3 fully saturated rings. The molecule has 0 spiro atoms. The molecule has 2 aliphatic heterocycles. The van der Waals surface area contributed by atoms with Crippen LogP contribution in [0.25, 0.3) is 0 Å². The van der Waals surface area contributed by atoms with Crippen molar-refractivity contribution in [1.82, 2.24) is 15.1 Å². The van der Waals surface area contributed by atoms with Gasteiger partial charge in [0.1, 0.15) is 5.92 Å². The van der Waals surface area contributed by atoms with Crippen LogP contribution < -0.4 is 5.32 Å². The van der Waals surface area contributed by atoms with Crippen molar-refractivity contribution in [3.05, 3.63) is 0 Å². The zero-order valence-electron chi connectivity index (χ0n) is 15.5. The molecule has 1 saturated carbocycles. The maximum atomic E-state index is 13.0. The molecule has 3 aliphatic rings. The Morgan fingerprint density at radius 1 is 1.04 bits per heavy atom. The number of hydrogen-bond donors (Lipinski definition) is 1. The molecule has 2 saturated heterocycles. The van der Waals surface area contributed by atoms with Crippen LogP contribution in [-0.2, 0) is 9.59 Å². The van der Waals surface area contributed by atoms with E-state index < -0.39 is 5.92 Å². The van der Waals surface area contributed by atoms with E-state index in [1.807, 2.05) is 4.90 Å². The summed E-state index contributed by atoms with van der Waals surface area (Å²) in [6.07, 6.45) is 6.69. The Morgan fingerprint density at radius 2 is 1.67 bits per heavy atom. The highest BCUT2D eigenvalue weighted by molar-refractivity contribution is 6.02. The van der Waals surface area contributed by atoms with Gasteiger partial charge in [-0.15, -0.1) is 0 Å². The summed E-state index contributed by atoms with van der Waals surface area (Å²) in [5.74, 6) is -0.428. The van der Waals surface area contributed by atoms with Gasteiger partial charge in [0.05, 0.1) is 0 Å². The lowest BCUT2D eigenvalue weighted by molar-refractivity contribution is -0.144. The first-order valence-corrected chi connectivity index (χ1v) is 9.68. The highest BCUT2D eigenvalue weighted by Crippen LogP contribution is 2.36. The van der Waals surface area contributed by atoms with Gasteiger partial charge >= 0.3 is 0 Å². The van der Waals surface area contributed by atoms with Crippen LogP contribution >= 0.6 is 0 Å². The Bertz CT molecular complexity index is 471. The summed E-state index contributed by atoms with van der Waals surface area (Å²) in [5.41, 5.74) is -0.0383. The monoisotopic (exact) mass is 335 g/mol. The summed E-state index contributed by atoms with van der Waals surface area (Å²) in [4.78, 5) is 29.8. The van der Waals surface area contributed by atoms with Crippen molar-refractivity contribution in [2.75, 3.05) is 32.7 Å². The van der Waals surface area contributed by atoms with Crippen LogP contribution in [0.3, 0.4) is 0 Å². The lowest BCUT2D eigenvalue weighted by Crippen LogP contribution is -2.54. The van der Waals surface area contributed by atoms with Gasteiger partial charge in [0.2, 0.25) is 11.8 Å². The fourth-order valence-corrected chi connectivity index (χ4v) is 4.66. The van der Waals surface area contributed by atoms with Crippen molar-refractivity contribution < 1.29 is 9.59 Å². The van der Waals surface area contributed by atoms with Crippen LogP contribution in [-0.4, -0.2) is 60.4 Å². The van der Waals surface area contributed by atoms with E-state index >= 15 is 0 Å². The minimum absolute atomic E-state index is 0.0383. The second-order valence-corrected chi connectivity index (χ2v) is 8.85. The Morgan fingerprint density at radius 3 is 2.25 bits per heavy atom. The molecule has 136 valence electrons. The van der Waals surface area contributed by atoms with Crippen LogP contribution in [0.1, 0.15) is 52.9 Å². The minimum Gasteiger partial charge on any atom is -0.355 e. The molecule has 0 radical (unpaired) electrons. The van der Waals surface area contributed by atoms with Crippen molar-refractivity contribution in [2.24, 2.45) is 17.3 Å². The van der Waals surface area contributed by atoms with Crippen molar-refractivity contribution in [1.29, 1.82) is 0 Å². The molecule has 0 aromatic carbocycles. The van der Waals surface area contributed by atoms with E-state index in [0.717, 1.165) is 26.2 Å². The van der Waals surface area contributed by atoms with Crippen molar-refractivity contribution >= 4 is 11.8 Å². The normalized spacial score (nSPS) is 30.5. The molecule has 2 atom stereocenters. The molecule has 5 heteroatoms. The van der Waals surface area contributed by atoms with E-state index in [1.54, 1.807) is 0 Å². The van der Waals surface area contributed by atoms with Gasteiger partial charge in [-0.1, -0.05) is 40.0 Å². The average Bonchev–Trinajstić information content (AvgIpc) is 2.97. The van der Waals surface area contributed by atoms with E-state index in [4.69, 9.17) is 0 Å². The molecule has 1 N–H and O–H groups in total. The summed E-state index contributed by atoms with van der Waals surface area (Å²) in [5, 5.41) is 2.91. The van der Waals surface area contributed by atoms with Gasteiger partial charge in [0.15, 0.2) is 0 Å². The zero-order valence-corrected chi connectivity index (χ0v) is 15.5. The predicted molar refractivity (Wildman–Crippen MR) is 94.5 cm³/mol. The van der Waals surface area contributed by atoms with Crippen LogP contribution in [0, 0.1) is 17.3 Å². The average molecular weight is 335 g/mol.